The molecule has 0 spiro atoms. The van der Waals surface area contributed by atoms with Gasteiger partial charge < -0.3 is 14.8 Å². The molecule has 1 rings (SSSR count). The molecule has 16 heavy (non-hydrogen) atoms. The number of rotatable bonds is 4. The summed E-state index contributed by atoms with van der Waals surface area (Å²) in [6.07, 6.45) is 0. The Kier molecular flexibility index (Phi) is 4.58. The van der Waals surface area contributed by atoms with E-state index in [9.17, 15) is 4.79 Å². The Morgan fingerprint density at radius 2 is 2.12 bits per heavy atom. The van der Waals surface area contributed by atoms with Crippen molar-refractivity contribution in [3.8, 4) is 0 Å². The van der Waals surface area contributed by atoms with E-state index >= 15 is 0 Å². The van der Waals surface area contributed by atoms with E-state index < -0.39 is 0 Å². The van der Waals surface area contributed by atoms with Crippen LogP contribution in [0.4, 0.5) is 0 Å². The molecule has 90 valence electrons. The molecule has 7 heteroatoms. The van der Waals surface area contributed by atoms with Crippen LogP contribution in [0.5, 0.6) is 0 Å². The SMILES string of the molecule is CN(C)C(=O)CNCc1c(Cl)nc(Cl)n1C. The topological polar surface area (TPSA) is 50.2 Å². The maximum Gasteiger partial charge on any atom is 0.236 e. The van der Waals surface area contributed by atoms with E-state index in [1.54, 1.807) is 25.7 Å². The second-order valence-corrected chi connectivity index (χ2v) is 4.27. The zero-order valence-electron chi connectivity index (χ0n) is 9.42. The van der Waals surface area contributed by atoms with Gasteiger partial charge in [0.05, 0.1) is 12.2 Å². The molecule has 0 aliphatic heterocycles. The highest BCUT2D eigenvalue weighted by Crippen LogP contribution is 2.18. The van der Waals surface area contributed by atoms with Crippen molar-refractivity contribution in [3.05, 3.63) is 16.1 Å². The maximum atomic E-state index is 11.3. The first kappa shape index (κ1) is 13.3. The van der Waals surface area contributed by atoms with Crippen LogP contribution in [-0.2, 0) is 18.4 Å². The van der Waals surface area contributed by atoms with E-state index in [4.69, 9.17) is 23.2 Å². The molecule has 1 aromatic heterocycles. The molecule has 0 fully saturated rings. The van der Waals surface area contributed by atoms with Crippen molar-refractivity contribution in [2.24, 2.45) is 7.05 Å². The first-order chi connectivity index (χ1) is 7.43. The van der Waals surface area contributed by atoms with Crippen LogP contribution in [0.1, 0.15) is 5.69 Å². The maximum absolute atomic E-state index is 11.3. The summed E-state index contributed by atoms with van der Waals surface area (Å²) in [5.74, 6) is 0.00406. The Hall–Kier alpha value is -0.780. The third-order valence-electron chi connectivity index (χ3n) is 2.18. The normalized spacial score (nSPS) is 10.6. The van der Waals surface area contributed by atoms with Gasteiger partial charge in [-0.15, -0.1) is 0 Å². The third kappa shape index (κ3) is 3.10. The molecular formula is C9H14Cl2N4O. The van der Waals surface area contributed by atoms with Gasteiger partial charge in [-0.3, -0.25) is 4.79 Å². The number of nitrogens with zero attached hydrogens (tertiary/aromatic N) is 3. The summed E-state index contributed by atoms with van der Waals surface area (Å²) >= 11 is 11.7. The van der Waals surface area contributed by atoms with Crippen LogP contribution in [0.15, 0.2) is 0 Å². The van der Waals surface area contributed by atoms with Crippen LogP contribution in [0, 0.1) is 0 Å². The molecule has 0 saturated carbocycles. The van der Waals surface area contributed by atoms with Gasteiger partial charge in [-0.1, -0.05) is 11.6 Å². The van der Waals surface area contributed by atoms with Gasteiger partial charge in [-0.25, -0.2) is 4.98 Å². The quantitative estimate of drug-likeness (QED) is 0.880. The van der Waals surface area contributed by atoms with Crippen molar-refractivity contribution >= 4 is 29.1 Å². The van der Waals surface area contributed by atoms with Crippen LogP contribution in [0.2, 0.25) is 10.4 Å². The lowest BCUT2D eigenvalue weighted by molar-refractivity contribution is -0.127. The fourth-order valence-electron chi connectivity index (χ4n) is 1.11. The highest BCUT2D eigenvalue weighted by atomic mass is 35.5. The van der Waals surface area contributed by atoms with E-state index in [0.29, 0.717) is 17.0 Å². The predicted molar refractivity (Wildman–Crippen MR) is 63.6 cm³/mol. The third-order valence-corrected chi connectivity index (χ3v) is 2.82. The second-order valence-electron chi connectivity index (χ2n) is 3.57. The van der Waals surface area contributed by atoms with Gasteiger partial charge in [-0.05, 0) is 11.6 Å². The van der Waals surface area contributed by atoms with Gasteiger partial charge >= 0.3 is 0 Å². The van der Waals surface area contributed by atoms with E-state index in [1.807, 2.05) is 0 Å². The largest absolute Gasteiger partial charge is 0.348 e. The number of hydrogen-bond acceptors (Lipinski definition) is 3. The molecular weight excluding hydrogens is 251 g/mol. The Morgan fingerprint density at radius 1 is 1.50 bits per heavy atom. The average molecular weight is 265 g/mol. The average Bonchev–Trinajstić information content (AvgIpc) is 2.44. The number of likely N-dealkylation sites (N-methyl/N-ethyl adjacent to an activating group) is 1. The van der Waals surface area contributed by atoms with Gasteiger partial charge in [0.25, 0.3) is 0 Å². The van der Waals surface area contributed by atoms with Crippen molar-refractivity contribution in [2.75, 3.05) is 20.6 Å². The van der Waals surface area contributed by atoms with Crippen molar-refractivity contribution in [1.29, 1.82) is 0 Å². The highest BCUT2D eigenvalue weighted by Gasteiger charge is 2.11. The number of carbonyl (C=O) groups is 1. The Balaban J connectivity index is 2.52. The van der Waals surface area contributed by atoms with Crippen molar-refractivity contribution in [2.45, 2.75) is 6.54 Å². The standard InChI is InChI=1S/C9H14Cl2N4O/c1-14(2)7(16)5-12-4-6-8(10)13-9(11)15(6)3/h12H,4-5H2,1-3H3. The van der Waals surface area contributed by atoms with Crippen molar-refractivity contribution < 1.29 is 4.79 Å². The lowest BCUT2D eigenvalue weighted by Crippen LogP contribution is -2.33. The molecule has 0 aliphatic carbocycles. The number of aromatic nitrogens is 2. The summed E-state index contributed by atoms with van der Waals surface area (Å²) in [7, 11) is 5.18. The van der Waals surface area contributed by atoms with Gasteiger partial charge in [0, 0.05) is 27.7 Å². The van der Waals surface area contributed by atoms with Crippen LogP contribution in [0.3, 0.4) is 0 Å². The molecule has 0 saturated heterocycles. The summed E-state index contributed by atoms with van der Waals surface area (Å²) in [6, 6.07) is 0. The summed E-state index contributed by atoms with van der Waals surface area (Å²) in [6.45, 7) is 0.709. The van der Waals surface area contributed by atoms with Crippen LogP contribution in [0.25, 0.3) is 0 Å². The predicted octanol–water partition coefficient (Wildman–Crippen LogP) is 0.905. The van der Waals surface area contributed by atoms with Crippen LogP contribution in [-0.4, -0.2) is 41.0 Å². The summed E-state index contributed by atoms with van der Waals surface area (Å²) in [5.41, 5.74) is 0.762. The summed E-state index contributed by atoms with van der Waals surface area (Å²) in [5, 5.41) is 3.68. The van der Waals surface area contributed by atoms with E-state index in [1.165, 1.54) is 4.90 Å². The van der Waals surface area contributed by atoms with Gasteiger partial charge in [0.2, 0.25) is 11.2 Å². The first-order valence-electron chi connectivity index (χ1n) is 4.71. The van der Waals surface area contributed by atoms with E-state index in [-0.39, 0.29) is 12.5 Å². The number of nitrogens with one attached hydrogen (secondary N) is 1. The molecule has 1 N–H and O–H groups in total. The minimum atomic E-state index is 0.00406. The lowest BCUT2D eigenvalue weighted by Gasteiger charge is -2.11. The number of amides is 1. The number of hydrogen-bond donors (Lipinski definition) is 1. The minimum Gasteiger partial charge on any atom is -0.348 e. The molecule has 0 unspecified atom stereocenters. The molecule has 0 aromatic carbocycles. The lowest BCUT2D eigenvalue weighted by atomic mass is 10.4. The molecule has 0 radical (unpaired) electrons. The van der Waals surface area contributed by atoms with Gasteiger partial charge in [-0.2, -0.15) is 0 Å². The Morgan fingerprint density at radius 3 is 2.56 bits per heavy atom. The van der Waals surface area contributed by atoms with Crippen molar-refractivity contribution in [1.82, 2.24) is 19.8 Å². The molecule has 1 heterocycles. The van der Waals surface area contributed by atoms with Gasteiger partial charge in [0.1, 0.15) is 0 Å². The number of imidazole rings is 1. The zero-order chi connectivity index (χ0) is 12.3. The van der Waals surface area contributed by atoms with Crippen LogP contribution >= 0.6 is 23.2 Å². The fourth-order valence-corrected chi connectivity index (χ4v) is 1.61. The smallest absolute Gasteiger partial charge is 0.236 e. The summed E-state index contributed by atoms with van der Waals surface area (Å²) < 4.78 is 1.68. The van der Waals surface area contributed by atoms with Gasteiger partial charge in [0.15, 0.2) is 5.15 Å². The minimum absolute atomic E-state index is 0.00406. The van der Waals surface area contributed by atoms with E-state index in [2.05, 4.69) is 10.3 Å². The number of carbonyl (C=O) groups excluding carboxylic acids is 1. The second kappa shape index (κ2) is 5.52. The zero-order valence-corrected chi connectivity index (χ0v) is 10.9. The fraction of sp³-hybridized carbons (Fsp3) is 0.556. The first-order valence-corrected chi connectivity index (χ1v) is 5.46. The molecule has 1 aromatic rings. The number of halogens is 2. The molecule has 1 amide bonds. The molecule has 0 bridgehead atoms. The summed E-state index contributed by atoms with van der Waals surface area (Å²) in [4.78, 5) is 16.7. The van der Waals surface area contributed by atoms with Crippen molar-refractivity contribution in [3.63, 3.8) is 0 Å². The highest BCUT2D eigenvalue weighted by molar-refractivity contribution is 6.32. The Bertz CT molecular complexity index is 389. The monoisotopic (exact) mass is 264 g/mol. The van der Waals surface area contributed by atoms with Crippen LogP contribution < -0.4 is 5.32 Å². The molecule has 0 aliphatic rings. The molecule has 0 atom stereocenters. The Labute approximate surface area is 104 Å². The van der Waals surface area contributed by atoms with E-state index in [0.717, 1.165) is 5.69 Å². The molecule has 5 nitrogen and oxygen atoms in total.